The van der Waals surface area contributed by atoms with Crippen LogP contribution in [0.3, 0.4) is 0 Å². The lowest BCUT2D eigenvalue weighted by Gasteiger charge is -2.18. The van der Waals surface area contributed by atoms with Crippen molar-refractivity contribution >= 4 is 27.4 Å². The Labute approximate surface area is 150 Å². The van der Waals surface area contributed by atoms with E-state index in [0.717, 1.165) is 25.2 Å². The summed E-state index contributed by atoms with van der Waals surface area (Å²) in [7, 11) is -1.78. The van der Waals surface area contributed by atoms with Gasteiger partial charge in [-0.25, -0.2) is 22.6 Å². The fourth-order valence-electron chi connectivity index (χ4n) is 2.61. The van der Waals surface area contributed by atoms with Crippen LogP contribution in [0.1, 0.15) is 24.7 Å². The van der Waals surface area contributed by atoms with E-state index in [-0.39, 0.29) is 23.3 Å². The van der Waals surface area contributed by atoms with Crippen molar-refractivity contribution in [3.8, 4) is 0 Å². The normalized spacial score (nSPS) is 15.3. The first-order valence-corrected chi connectivity index (χ1v) is 9.81. The molecule has 1 atom stereocenters. The van der Waals surface area contributed by atoms with Crippen LogP contribution in [-0.2, 0) is 17.1 Å². The van der Waals surface area contributed by atoms with E-state index >= 15 is 0 Å². The van der Waals surface area contributed by atoms with Gasteiger partial charge in [-0.05, 0) is 37.0 Å². The number of nitrogens with one attached hydrogen (secondary N) is 3. The van der Waals surface area contributed by atoms with Gasteiger partial charge in [0, 0.05) is 7.05 Å². The second-order valence-electron chi connectivity index (χ2n) is 6.22. The molecule has 2 aromatic rings. The highest BCUT2D eigenvalue weighted by atomic mass is 32.2. The van der Waals surface area contributed by atoms with Crippen LogP contribution in [0.25, 0.3) is 0 Å². The maximum Gasteiger partial charge on any atom is 0.319 e. The number of sulfonamides is 1. The van der Waals surface area contributed by atoms with Crippen molar-refractivity contribution < 1.29 is 17.6 Å². The minimum Gasteiger partial charge on any atom is -0.328 e. The molecule has 0 saturated heterocycles. The van der Waals surface area contributed by atoms with Crippen molar-refractivity contribution in [3.63, 3.8) is 0 Å². The lowest BCUT2D eigenvalue weighted by molar-refractivity contribution is 0.246. The molecule has 1 aliphatic rings. The van der Waals surface area contributed by atoms with Crippen LogP contribution in [0, 0.1) is 11.7 Å². The number of urea groups is 1. The summed E-state index contributed by atoms with van der Waals surface area (Å²) in [5.74, 6) is 0.197. The van der Waals surface area contributed by atoms with Crippen LogP contribution < -0.4 is 15.4 Å². The first-order valence-electron chi connectivity index (χ1n) is 7.91. The number of halogens is 1. The molecule has 2 amide bonds. The number of nitrogens with zero attached hydrogens (tertiary/aromatic N) is 3. The minimum atomic E-state index is -3.51. The number of benzene rings is 1. The van der Waals surface area contributed by atoms with Gasteiger partial charge in [-0.1, -0.05) is 0 Å². The molecule has 0 bridgehead atoms. The summed E-state index contributed by atoms with van der Waals surface area (Å²) in [6.45, 7) is 0. The van der Waals surface area contributed by atoms with Crippen LogP contribution in [-0.4, -0.2) is 35.5 Å². The summed E-state index contributed by atoms with van der Waals surface area (Å²) in [6.07, 6.45) is 4.31. The van der Waals surface area contributed by atoms with Crippen LogP contribution in [0.5, 0.6) is 0 Å². The van der Waals surface area contributed by atoms with E-state index in [4.69, 9.17) is 0 Å². The molecule has 11 heteroatoms. The summed E-state index contributed by atoms with van der Waals surface area (Å²) < 4.78 is 40.4. The third-order valence-corrected chi connectivity index (χ3v) is 4.53. The van der Waals surface area contributed by atoms with Gasteiger partial charge in [0.15, 0.2) is 0 Å². The fraction of sp³-hybridized carbons (Fsp3) is 0.400. The molecule has 1 aromatic heterocycles. The highest BCUT2D eigenvalue weighted by Crippen LogP contribution is 2.40. The van der Waals surface area contributed by atoms with E-state index in [0.29, 0.717) is 5.82 Å². The fourth-order valence-corrected chi connectivity index (χ4v) is 3.16. The SMILES string of the molecule is Cn1ncnc1[C@@H](NC(=O)Nc1cc(NS(C)(=O)=O)ccc1F)C1CC1. The van der Waals surface area contributed by atoms with Gasteiger partial charge in [0.05, 0.1) is 23.7 Å². The molecule has 1 fully saturated rings. The smallest absolute Gasteiger partial charge is 0.319 e. The number of hydrogen-bond acceptors (Lipinski definition) is 5. The number of hydrogen-bond donors (Lipinski definition) is 3. The van der Waals surface area contributed by atoms with Crippen LogP contribution in [0.4, 0.5) is 20.6 Å². The zero-order valence-corrected chi connectivity index (χ0v) is 15.0. The Morgan fingerprint density at radius 3 is 2.69 bits per heavy atom. The number of anilines is 2. The summed E-state index contributed by atoms with van der Waals surface area (Å²) in [4.78, 5) is 16.5. The molecule has 1 aromatic carbocycles. The van der Waals surface area contributed by atoms with Gasteiger partial charge in [-0.2, -0.15) is 5.10 Å². The number of aryl methyl sites for hydroxylation is 1. The minimum absolute atomic E-state index is 0.135. The number of rotatable bonds is 6. The zero-order chi connectivity index (χ0) is 18.9. The second kappa shape index (κ2) is 6.90. The van der Waals surface area contributed by atoms with Gasteiger partial charge in [-0.15, -0.1) is 0 Å². The summed E-state index contributed by atoms with van der Waals surface area (Å²) in [6, 6.07) is 2.61. The Bertz CT molecular complexity index is 925. The molecule has 3 rings (SSSR count). The summed E-state index contributed by atoms with van der Waals surface area (Å²) >= 11 is 0. The topological polar surface area (TPSA) is 118 Å². The van der Waals surface area contributed by atoms with E-state index in [2.05, 4.69) is 25.4 Å². The van der Waals surface area contributed by atoms with Gasteiger partial charge in [0.2, 0.25) is 10.0 Å². The standard InChI is InChI=1S/C15H19FN6O3S/c1-22-14(17-8-18-22)13(9-3-4-9)20-15(23)19-12-7-10(5-6-11(12)16)21-26(2,24)25/h5-9,13,21H,3-4H2,1-2H3,(H2,19,20,23)/t13-/m0/s1. The summed E-state index contributed by atoms with van der Waals surface area (Å²) in [5, 5.41) is 9.21. The predicted molar refractivity (Wildman–Crippen MR) is 93.5 cm³/mol. The average Bonchev–Trinajstić information content (AvgIpc) is 3.29. The molecule has 0 radical (unpaired) electrons. The molecule has 140 valence electrons. The number of carbonyl (C=O) groups excluding carboxylic acids is 1. The lowest BCUT2D eigenvalue weighted by atomic mass is 10.2. The van der Waals surface area contributed by atoms with E-state index in [1.54, 1.807) is 11.7 Å². The molecule has 26 heavy (non-hydrogen) atoms. The van der Waals surface area contributed by atoms with E-state index in [9.17, 15) is 17.6 Å². The molecule has 1 aliphatic carbocycles. The Kier molecular flexibility index (Phi) is 4.81. The third kappa shape index (κ3) is 4.48. The van der Waals surface area contributed by atoms with Crippen molar-refractivity contribution in [1.82, 2.24) is 20.1 Å². The Balaban J connectivity index is 1.73. The molecule has 3 N–H and O–H groups in total. The predicted octanol–water partition coefficient (Wildman–Crippen LogP) is 1.60. The van der Waals surface area contributed by atoms with Gasteiger partial charge in [-0.3, -0.25) is 9.40 Å². The Hall–Kier alpha value is -2.69. The molecule has 9 nitrogen and oxygen atoms in total. The first-order chi connectivity index (χ1) is 12.2. The Morgan fingerprint density at radius 2 is 2.12 bits per heavy atom. The highest BCUT2D eigenvalue weighted by Gasteiger charge is 2.36. The molecular formula is C15H19FN6O3S. The lowest BCUT2D eigenvalue weighted by Crippen LogP contribution is -2.35. The van der Waals surface area contributed by atoms with Gasteiger partial charge < -0.3 is 10.6 Å². The number of carbonyl (C=O) groups is 1. The molecular weight excluding hydrogens is 363 g/mol. The summed E-state index contributed by atoms with van der Waals surface area (Å²) in [5.41, 5.74) is 0.0138. The molecule has 1 heterocycles. The second-order valence-corrected chi connectivity index (χ2v) is 7.97. The molecule has 0 unspecified atom stereocenters. The van der Waals surface area contributed by atoms with Crippen molar-refractivity contribution in [3.05, 3.63) is 36.2 Å². The van der Waals surface area contributed by atoms with Crippen LogP contribution >= 0.6 is 0 Å². The molecule has 0 spiro atoms. The van der Waals surface area contributed by atoms with Gasteiger partial charge in [0.1, 0.15) is 18.0 Å². The number of aromatic nitrogens is 3. The largest absolute Gasteiger partial charge is 0.328 e. The van der Waals surface area contributed by atoms with Crippen molar-refractivity contribution in [1.29, 1.82) is 0 Å². The Morgan fingerprint density at radius 1 is 1.38 bits per heavy atom. The molecule has 1 saturated carbocycles. The van der Waals surface area contributed by atoms with Crippen LogP contribution in [0.15, 0.2) is 24.5 Å². The zero-order valence-electron chi connectivity index (χ0n) is 14.2. The van der Waals surface area contributed by atoms with Gasteiger partial charge in [0.25, 0.3) is 0 Å². The van der Waals surface area contributed by atoms with E-state index in [1.165, 1.54) is 18.5 Å². The van der Waals surface area contributed by atoms with E-state index < -0.39 is 21.9 Å². The molecule has 0 aliphatic heterocycles. The number of amides is 2. The van der Waals surface area contributed by atoms with E-state index in [1.807, 2.05) is 0 Å². The third-order valence-electron chi connectivity index (χ3n) is 3.92. The van der Waals surface area contributed by atoms with Crippen LogP contribution in [0.2, 0.25) is 0 Å². The monoisotopic (exact) mass is 382 g/mol. The first kappa shape index (κ1) is 18.1. The van der Waals surface area contributed by atoms with Gasteiger partial charge >= 0.3 is 6.03 Å². The maximum absolute atomic E-state index is 14.0. The van der Waals surface area contributed by atoms with Crippen molar-refractivity contribution in [2.45, 2.75) is 18.9 Å². The maximum atomic E-state index is 14.0. The van der Waals surface area contributed by atoms with Crippen molar-refractivity contribution in [2.75, 3.05) is 16.3 Å². The quantitative estimate of drug-likeness (QED) is 0.701. The average molecular weight is 382 g/mol. The van der Waals surface area contributed by atoms with Crippen molar-refractivity contribution in [2.24, 2.45) is 13.0 Å². The highest BCUT2D eigenvalue weighted by molar-refractivity contribution is 7.92.